The van der Waals surface area contributed by atoms with Gasteiger partial charge in [0, 0.05) is 23.3 Å². The van der Waals surface area contributed by atoms with Crippen molar-refractivity contribution in [2.24, 2.45) is 0 Å². The molecule has 140 valence electrons. The Bertz CT molecular complexity index is 1340. The van der Waals surface area contributed by atoms with Gasteiger partial charge in [0.2, 0.25) is 11.6 Å². The molecule has 1 aliphatic rings. The van der Waals surface area contributed by atoms with E-state index in [1.165, 1.54) is 23.0 Å². The number of aromatic nitrogens is 1. The minimum absolute atomic E-state index is 0.169. The Balaban J connectivity index is 1.96. The molecule has 0 atom stereocenters. The van der Waals surface area contributed by atoms with Gasteiger partial charge in [-0.2, -0.15) is 4.57 Å². The molecule has 5 rings (SSSR count). The number of benzene rings is 2. The lowest BCUT2D eigenvalue weighted by Gasteiger charge is -2.21. The summed E-state index contributed by atoms with van der Waals surface area (Å²) < 4.78 is 6.75. The topological polar surface area (TPSA) is 88.5 Å². The van der Waals surface area contributed by atoms with Crippen LogP contribution in [-0.4, -0.2) is 16.7 Å². The molecule has 0 aliphatic heterocycles. The number of hydrogen-bond donors (Lipinski definition) is 1. The second kappa shape index (κ2) is 5.97. The van der Waals surface area contributed by atoms with Gasteiger partial charge in [0.15, 0.2) is 18.0 Å². The summed E-state index contributed by atoms with van der Waals surface area (Å²) in [5.74, 6) is -1.62. The van der Waals surface area contributed by atoms with Crippen LogP contribution in [0.15, 0.2) is 88.3 Å². The van der Waals surface area contributed by atoms with E-state index in [1.54, 1.807) is 60.7 Å². The van der Waals surface area contributed by atoms with Crippen LogP contribution in [0.5, 0.6) is 5.75 Å². The lowest BCUT2D eigenvalue weighted by molar-refractivity contribution is -0.721. The minimum Gasteiger partial charge on any atom is -0.506 e. The lowest BCUT2D eigenvalue weighted by Crippen LogP contribution is -2.65. The Morgan fingerprint density at radius 2 is 1.34 bits per heavy atom. The summed E-state index contributed by atoms with van der Waals surface area (Å²) in [7, 11) is 0. The van der Waals surface area contributed by atoms with Crippen LogP contribution in [0.2, 0.25) is 0 Å². The molecule has 2 aromatic heterocycles. The summed E-state index contributed by atoms with van der Waals surface area (Å²) >= 11 is 0. The number of ketones is 2. The van der Waals surface area contributed by atoms with Crippen LogP contribution >= 0.6 is 0 Å². The Morgan fingerprint density at radius 1 is 0.759 bits per heavy atom. The number of Topliss-reactive ketones (excluding diaryl/α,β-unsaturated/α-hetero) is 2. The van der Waals surface area contributed by atoms with Crippen molar-refractivity contribution < 1.29 is 23.7 Å². The fourth-order valence-corrected chi connectivity index (χ4v) is 4.04. The first kappa shape index (κ1) is 17.1. The number of nitrogens with zero attached hydrogens (tertiary/aromatic N) is 1. The van der Waals surface area contributed by atoms with Crippen molar-refractivity contribution in [2.75, 3.05) is 0 Å². The highest BCUT2D eigenvalue weighted by molar-refractivity contribution is 6.32. The number of rotatable bonds is 2. The Morgan fingerprint density at radius 3 is 2.00 bits per heavy atom. The molecule has 2 heterocycles. The molecule has 29 heavy (non-hydrogen) atoms. The third-order valence-corrected chi connectivity index (χ3v) is 5.32. The molecule has 2 aromatic carbocycles. The van der Waals surface area contributed by atoms with Gasteiger partial charge < -0.3 is 9.52 Å². The van der Waals surface area contributed by atoms with Crippen LogP contribution in [0, 0.1) is 0 Å². The first-order valence-electron chi connectivity index (χ1n) is 8.97. The normalized spacial score (nSPS) is 14.9. The van der Waals surface area contributed by atoms with Crippen molar-refractivity contribution in [1.82, 2.24) is 0 Å². The molecule has 0 amide bonds. The number of para-hydroxylation sites is 1. The zero-order valence-corrected chi connectivity index (χ0v) is 15.0. The van der Waals surface area contributed by atoms with Gasteiger partial charge in [-0.3, -0.25) is 9.59 Å². The fourth-order valence-electron chi connectivity index (χ4n) is 4.04. The van der Waals surface area contributed by atoms with Crippen LogP contribution in [0.1, 0.15) is 26.3 Å². The molecule has 4 aromatic rings. The van der Waals surface area contributed by atoms with Gasteiger partial charge >= 0.3 is 11.2 Å². The predicted molar refractivity (Wildman–Crippen MR) is 103 cm³/mol. The van der Waals surface area contributed by atoms with Crippen LogP contribution in [-0.2, 0) is 5.54 Å². The van der Waals surface area contributed by atoms with Gasteiger partial charge in [-0.05, 0) is 12.1 Å². The van der Waals surface area contributed by atoms with E-state index >= 15 is 0 Å². The van der Waals surface area contributed by atoms with Crippen LogP contribution in [0.4, 0.5) is 0 Å². The molecule has 0 unspecified atom stereocenters. The summed E-state index contributed by atoms with van der Waals surface area (Å²) in [4.78, 5) is 40.3. The van der Waals surface area contributed by atoms with E-state index in [-0.39, 0.29) is 22.1 Å². The Kier molecular flexibility index (Phi) is 3.51. The van der Waals surface area contributed by atoms with Crippen molar-refractivity contribution in [2.45, 2.75) is 5.54 Å². The van der Waals surface area contributed by atoms with E-state index in [0.29, 0.717) is 0 Å². The number of hydrogen-bond acceptors (Lipinski definition) is 5. The first-order valence-corrected chi connectivity index (χ1v) is 8.97. The van der Waals surface area contributed by atoms with E-state index in [1.807, 2.05) is 0 Å². The van der Waals surface area contributed by atoms with E-state index < -0.39 is 34.0 Å². The average molecular weight is 384 g/mol. The van der Waals surface area contributed by atoms with Crippen LogP contribution in [0.25, 0.3) is 11.0 Å². The molecule has 6 heteroatoms. The van der Waals surface area contributed by atoms with Crippen LogP contribution in [0.3, 0.4) is 0 Å². The largest absolute Gasteiger partial charge is 0.506 e. The van der Waals surface area contributed by atoms with Crippen molar-refractivity contribution in [3.63, 3.8) is 0 Å². The smallest absolute Gasteiger partial charge is 0.351 e. The molecular weight excluding hydrogens is 370 g/mol. The number of pyridine rings is 1. The van der Waals surface area contributed by atoms with E-state index in [4.69, 9.17) is 4.42 Å². The summed E-state index contributed by atoms with van der Waals surface area (Å²) in [5, 5.41) is 11.3. The van der Waals surface area contributed by atoms with Gasteiger partial charge in [-0.25, -0.2) is 4.79 Å². The third kappa shape index (κ3) is 2.11. The second-order valence-electron chi connectivity index (χ2n) is 6.81. The Hall–Kier alpha value is -4.06. The zero-order valence-electron chi connectivity index (χ0n) is 15.0. The molecule has 0 saturated heterocycles. The number of aromatic hydroxyl groups is 1. The summed E-state index contributed by atoms with van der Waals surface area (Å²) in [5.41, 5.74) is -2.85. The summed E-state index contributed by atoms with van der Waals surface area (Å²) in [6.07, 6.45) is 3.05. The quantitative estimate of drug-likeness (QED) is 0.326. The maximum Gasteiger partial charge on any atom is 0.351 e. The molecule has 6 nitrogen and oxygen atoms in total. The number of carbonyl (C=O) groups excluding carboxylic acids is 2. The molecule has 0 bridgehead atoms. The fraction of sp³-hybridized carbons (Fsp3) is 0.0435. The monoisotopic (exact) mass is 384 g/mol. The van der Waals surface area contributed by atoms with Gasteiger partial charge in [-0.15, -0.1) is 0 Å². The molecule has 0 spiro atoms. The second-order valence-corrected chi connectivity index (χ2v) is 6.81. The summed E-state index contributed by atoms with van der Waals surface area (Å²) in [6, 6.07) is 17.8. The molecule has 0 radical (unpaired) electrons. The average Bonchev–Trinajstić information content (AvgIpc) is 2.97. The Labute approximate surface area is 164 Å². The molecule has 1 N–H and O–H groups in total. The third-order valence-electron chi connectivity index (χ3n) is 5.32. The lowest BCUT2D eigenvalue weighted by atomic mass is 9.84. The van der Waals surface area contributed by atoms with E-state index in [2.05, 4.69) is 0 Å². The molecule has 1 aliphatic carbocycles. The van der Waals surface area contributed by atoms with Crippen LogP contribution < -0.4 is 10.2 Å². The maximum atomic E-state index is 13.6. The van der Waals surface area contributed by atoms with Crippen molar-refractivity contribution >= 4 is 22.5 Å². The highest BCUT2D eigenvalue weighted by Crippen LogP contribution is 2.41. The predicted octanol–water partition coefficient (Wildman–Crippen LogP) is 2.61. The van der Waals surface area contributed by atoms with Gasteiger partial charge in [0.25, 0.3) is 0 Å². The van der Waals surface area contributed by atoms with Crippen molar-refractivity contribution in [1.29, 1.82) is 0 Å². The van der Waals surface area contributed by atoms with Gasteiger partial charge in [0.05, 0.1) is 5.39 Å². The minimum atomic E-state index is -2.08. The van der Waals surface area contributed by atoms with Gasteiger partial charge in [-0.1, -0.05) is 42.5 Å². The number of carbonyl (C=O) groups is 2. The summed E-state index contributed by atoms with van der Waals surface area (Å²) in [6.45, 7) is 0. The number of fused-ring (bicyclic) bond motifs is 2. The zero-order chi connectivity index (χ0) is 20.2. The van der Waals surface area contributed by atoms with Gasteiger partial charge in [0.1, 0.15) is 11.3 Å². The molecular formula is C23H14NO5+. The van der Waals surface area contributed by atoms with E-state index in [9.17, 15) is 19.5 Å². The maximum absolute atomic E-state index is 13.6. The highest BCUT2D eigenvalue weighted by Gasteiger charge is 2.65. The SMILES string of the molecule is O=C1c2ccccc2C(=O)C1(c1c(O)c2ccccc2oc1=O)[n+]1ccccc1. The first-order chi connectivity index (χ1) is 14.1. The highest BCUT2D eigenvalue weighted by atomic mass is 16.4. The molecule has 0 saturated carbocycles. The molecule has 0 fully saturated rings. The standard InChI is InChI=1S/C23H13NO5/c25-19-16-10-4-5-11-17(16)29-22(28)18(19)23(24-12-6-1-7-13-24)20(26)14-8-2-3-9-15(14)21(23)27/h1-13H/p+1. The van der Waals surface area contributed by atoms with Crippen molar-refractivity contribution in [3.8, 4) is 5.75 Å². The van der Waals surface area contributed by atoms with Crippen molar-refractivity contribution in [3.05, 3.63) is 106 Å². The van der Waals surface area contributed by atoms with E-state index in [0.717, 1.165) is 0 Å².